The molecule has 1 aliphatic rings. The van der Waals surface area contributed by atoms with Crippen LogP contribution in [0.2, 0.25) is 0 Å². The first-order chi connectivity index (χ1) is 4.20. The molecule has 1 saturated heterocycles. The molecule has 0 radical (unpaired) electrons. The summed E-state index contributed by atoms with van der Waals surface area (Å²) in [4.78, 5) is 0. The predicted molar refractivity (Wildman–Crippen MR) is 38.4 cm³/mol. The zero-order chi connectivity index (χ0) is 6.85. The maximum absolute atomic E-state index is 5.50. The minimum atomic E-state index is 0.487. The Kier molecular flexibility index (Phi) is 2.12. The Morgan fingerprint density at radius 1 is 1.22 bits per heavy atom. The van der Waals surface area contributed by atoms with Gasteiger partial charge < -0.3 is 4.74 Å². The van der Waals surface area contributed by atoms with Crippen LogP contribution in [0, 0.1) is 11.8 Å². The first kappa shape index (κ1) is 7.07. The third-order valence-electron chi connectivity index (χ3n) is 2.22. The average molecular weight is 128 g/mol. The Morgan fingerprint density at radius 3 is 2.33 bits per heavy atom. The second kappa shape index (κ2) is 2.70. The van der Waals surface area contributed by atoms with E-state index in [9.17, 15) is 0 Å². The number of hydrogen-bond acceptors (Lipinski definition) is 1. The molecule has 0 aromatic rings. The van der Waals surface area contributed by atoms with Crippen LogP contribution < -0.4 is 0 Å². The van der Waals surface area contributed by atoms with Gasteiger partial charge in [-0.3, -0.25) is 0 Å². The van der Waals surface area contributed by atoms with Crippen molar-refractivity contribution in [2.24, 2.45) is 11.8 Å². The molecule has 1 fully saturated rings. The SMILES string of the molecule is C[C@H]1CO[C@H](C)[C@@H](C)C1. The van der Waals surface area contributed by atoms with Gasteiger partial charge in [-0.2, -0.15) is 0 Å². The van der Waals surface area contributed by atoms with Gasteiger partial charge in [-0.1, -0.05) is 13.8 Å². The number of rotatable bonds is 0. The van der Waals surface area contributed by atoms with Gasteiger partial charge in [0.25, 0.3) is 0 Å². The maximum atomic E-state index is 5.50. The third kappa shape index (κ3) is 1.68. The van der Waals surface area contributed by atoms with Crippen molar-refractivity contribution in [2.45, 2.75) is 33.3 Å². The van der Waals surface area contributed by atoms with E-state index in [1.165, 1.54) is 6.42 Å². The van der Waals surface area contributed by atoms with Crippen molar-refractivity contribution in [1.82, 2.24) is 0 Å². The van der Waals surface area contributed by atoms with Crippen molar-refractivity contribution < 1.29 is 4.74 Å². The molecule has 1 nitrogen and oxygen atoms in total. The van der Waals surface area contributed by atoms with Crippen LogP contribution >= 0.6 is 0 Å². The molecule has 0 N–H and O–H groups in total. The van der Waals surface area contributed by atoms with E-state index in [4.69, 9.17) is 4.74 Å². The molecule has 1 heteroatoms. The fourth-order valence-corrected chi connectivity index (χ4v) is 1.37. The Hall–Kier alpha value is -0.0400. The smallest absolute Gasteiger partial charge is 0.0572 e. The third-order valence-corrected chi connectivity index (χ3v) is 2.22. The Morgan fingerprint density at radius 2 is 1.89 bits per heavy atom. The minimum absolute atomic E-state index is 0.487. The van der Waals surface area contributed by atoms with Gasteiger partial charge in [0.05, 0.1) is 6.10 Å². The summed E-state index contributed by atoms with van der Waals surface area (Å²) in [6.07, 6.45) is 1.82. The van der Waals surface area contributed by atoms with Gasteiger partial charge in [0, 0.05) is 6.61 Å². The Balaban J connectivity index is 2.35. The molecular weight excluding hydrogens is 112 g/mol. The van der Waals surface area contributed by atoms with Crippen LogP contribution in [0.5, 0.6) is 0 Å². The van der Waals surface area contributed by atoms with Gasteiger partial charge in [-0.05, 0) is 25.2 Å². The van der Waals surface area contributed by atoms with E-state index in [1.807, 2.05) is 0 Å². The lowest BCUT2D eigenvalue weighted by molar-refractivity contribution is -0.0351. The standard InChI is InChI=1S/C8H16O/c1-6-4-7(2)8(3)9-5-6/h6-8H,4-5H2,1-3H3/t6-,7+,8-/m1/s1. The molecule has 9 heavy (non-hydrogen) atoms. The Labute approximate surface area is 57.4 Å². The van der Waals surface area contributed by atoms with Gasteiger partial charge in [-0.15, -0.1) is 0 Å². The largest absolute Gasteiger partial charge is 0.378 e. The quantitative estimate of drug-likeness (QED) is 0.485. The van der Waals surface area contributed by atoms with Crippen molar-refractivity contribution in [3.05, 3.63) is 0 Å². The minimum Gasteiger partial charge on any atom is -0.378 e. The number of hydrogen-bond donors (Lipinski definition) is 0. The first-order valence-corrected chi connectivity index (χ1v) is 3.81. The first-order valence-electron chi connectivity index (χ1n) is 3.81. The lowest BCUT2D eigenvalue weighted by Gasteiger charge is -2.30. The molecule has 1 aliphatic heterocycles. The second-order valence-electron chi connectivity index (χ2n) is 3.36. The van der Waals surface area contributed by atoms with E-state index in [1.54, 1.807) is 0 Å². The normalized spacial score (nSPS) is 45.0. The van der Waals surface area contributed by atoms with Crippen molar-refractivity contribution in [2.75, 3.05) is 6.61 Å². The van der Waals surface area contributed by atoms with Crippen molar-refractivity contribution in [3.63, 3.8) is 0 Å². The van der Waals surface area contributed by atoms with Crippen LogP contribution in [0.25, 0.3) is 0 Å². The predicted octanol–water partition coefficient (Wildman–Crippen LogP) is 2.07. The fraction of sp³-hybridized carbons (Fsp3) is 1.00. The van der Waals surface area contributed by atoms with Crippen LogP contribution in [0.1, 0.15) is 27.2 Å². The fourth-order valence-electron chi connectivity index (χ4n) is 1.37. The van der Waals surface area contributed by atoms with Crippen LogP contribution in [0.3, 0.4) is 0 Å². The van der Waals surface area contributed by atoms with E-state index in [0.717, 1.165) is 18.4 Å². The highest BCUT2D eigenvalue weighted by atomic mass is 16.5. The van der Waals surface area contributed by atoms with Gasteiger partial charge >= 0.3 is 0 Å². The molecule has 0 aliphatic carbocycles. The lowest BCUT2D eigenvalue weighted by atomic mass is 9.91. The van der Waals surface area contributed by atoms with Crippen molar-refractivity contribution in [1.29, 1.82) is 0 Å². The molecule has 1 rings (SSSR count). The summed E-state index contributed by atoms with van der Waals surface area (Å²) in [5, 5.41) is 0. The van der Waals surface area contributed by atoms with Gasteiger partial charge in [0.1, 0.15) is 0 Å². The molecule has 0 aromatic heterocycles. The van der Waals surface area contributed by atoms with Gasteiger partial charge in [-0.25, -0.2) is 0 Å². The van der Waals surface area contributed by atoms with Crippen molar-refractivity contribution in [3.8, 4) is 0 Å². The molecule has 3 atom stereocenters. The monoisotopic (exact) mass is 128 g/mol. The van der Waals surface area contributed by atoms with E-state index in [0.29, 0.717) is 6.10 Å². The average Bonchev–Trinajstić information content (AvgIpc) is 1.80. The highest BCUT2D eigenvalue weighted by Gasteiger charge is 2.21. The van der Waals surface area contributed by atoms with Crippen molar-refractivity contribution >= 4 is 0 Å². The van der Waals surface area contributed by atoms with Crippen LogP contribution in [0.15, 0.2) is 0 Å². The second-order valence-corrected chi connectivity index (χ2v) is 3.36. The molecular formula is C8H16O. The summed E-state index contributed by atoms with van der Waals surface area (Å²) < 4.78 is 5.50. The summed E-state index contributed by atoms with van der Waals surface area (Å²) in [7, 11) is 0. The highest BCUT2D eigenvalue weighted by Crippen LogP contribution is 2.23. The van der Waals surface area contributed by atoms with E-state index < -0.39 is 0 Å². The van der Waals surface area contributed by atoms with E-state index in [2.05, 4.69) is 20.8 Å². The van der Waals surface area contributed by atoms with Gasteiger partial charge in [0.15, 0.2) is 0 Å². The molecule has 0 spiro atoms. The molecule has 54 valence electrons. The molecule has 0 bridgehead atoms. The van der Waals surface area contributed by atoms with Gasteiger partial charge in [0.2, 0.25) is 0 Å². The van der Waals surface area contributed by atoms with Crippen LogP contribution in [-0.2, 0) is 4.74 Å². The summed E-state index contributed by atoms with van der Waals surface area (Å²) >= 11 is 0. The molecule has 0 unspecified atom stereocenters. The highest BCUT2D eigenvalue weighted by molar-refractivity contribution is 4.70. The Bertz CT molecular complexity index is 90.6. The van der Waals surface area contributed by atoms with Crippen LogP contribution in [-0.4, -0.2) is 12.7 Å². The maximum Gasteiger partial charge on any atom is 0.0572 e. The molecule has 0 aromatic carbocycles. The van der Waals surface area contributed by atoms with Crippen LogP contribution in [0.4, 0.5) is 0 Å². The van der Waals surface area contributed by atoms with E-state index in [-0.39, 0.29) is 0 Å². The summed E-state index contributed by atoms with van der Waals surface area (Å²) in [6.45, 7) is 7.64. The topological polar surface area (TPSA) is 9.23 Å². The summed E-state index contributed by atoms with van der Waals surface area (Å²) in [5.74, 6) is 1.53. The summed E-state index contributed by atoms with van der Waals surface area (Å²) in [5.41, 5.74) is 0. The molecule has 0 saturated carbocycles. The summed E-state index contributed by atoms with van der Waals surface area (Å²) in [6, 6.07) is 0. The lowest BCUT2D eigenvalue weighted by Crippen LogP contribution is -2.29. The zero-order valence-electron chi connectivity index (χ0n) is 6.55. The molecule has 0 amide bonds. The zero-order valence-corrected chi connectivity index (χ0v) is 6.55. The number of ether oxygens (including phenoxy) is 1. The van der Waals surface area contributed by atoms with E-state index >= 15 is 0 Å². The molecule has 1 heterocycles.